The molecule has 4 nitrogen and oxygen atoms in total. The molecule has 1 aromatic rings. The Bertz CT molecular complexity index is 599. The summed E-state index contributed by atoms with van der Waals surface area (Å²) in [6.45, 7) is 1.61. The number of ether oxygens (including phenoxy) is 1. The maximum Gasteiger partial charge on any atom is 0.573 e. The lowest BCUT2D eigenvalue weighted by molar-refractivity contribution is -0.274. The van der Waals surface area contributed by atoms with Gasteiger partial charge in [0.1, 0.15) is 11.9 Å². The molecule has 1 aromatic carbocycles. The molecule has 0 aliphatic heterocycles. The van der Waals surface area contributed by atoms with Crippen molar-refractivity contribution in [1.29, 1.82) is 0 Å². The van der Waals surface area contributed by atoms with Crippen LogP contribution in [0.5, 0.6) is 5.75 Å². The van der Waals surface area contributed by atoms with Gasteiger partial charge in [-0.05, 0) is 30.2 Å². The highest BCUT2D eigenvalue weighted by Gasteiger charge is 2.31. The molecule has 2 amide bonds. The average molecular weight is 318 g/mol. The summed E-state index contributed by atoms with van der Waals surface area (Å²) in [6.07, 6.45) is -5.62. The first-order chi connectivity index (χ1) is 10.2. The zero-order valence-electron chi connectivity index (χ0n) is 11.6. The fourth-order valence-corrected chi connectivity index (χ4v) is 1.92. The van der Waals surface area contributed by atoms with Gasteiger partial charge in [-0.3, -0.25) is 0 Å². The molecule has 2 rings (SSSR count). The summed E-state index contributed by atoms with van der Waals surface area (Å²) < 4.78 is 53.0. The number of amides is 2. The van der Waals surface area contributed by atoms with Crippen LogP contribution in [0.3, 0.4) is 0 Å². The minimum atomic E-state index is -4.76. The minimum Gasteiger partial charge on any atom is -0.406 e. The topological polar surface area (TPSA) is 50.4 Å². The summed E-state index contributed by atoms with van der Waals surface area (Å²) in [5, 5.41) is 4.98. The van der Waals surface area contributed by atoms with Gasteiger partial charge in [0.15, 0.2) is 0 Å². The van der Waals surface area contributed by atoms with Crippen LogP contribution >= 0.6 is 0 Å². The van der Waals surface area contributed by atoms with Gasteiger partial charge in [0.25, 0.3) is 0 Å². The lowest BCUT2D eigenvalue weighted by atomic mass is 9.94. The number of allylic oxidation sites excluding steroid dienone is 2. The lowest BCUT2D eigenvalue weighted by Gasteiger charge is -2.25. The van der Waals surface area contributed by atoms with E-state index in [-0.39, 0.29) is 18.7 Å². The van der Waals surface area contributed by atoms with Crippen LogP contribution in [0.2, 0.25) is 0 Å². The van der Waals surface area contributed by atoms with Crippen LogP contribution in [0.25, 0.3) is 0 Å². The zero-order chi connectivity index (χ0) is 16.3. The minimum absolute atomic E-state index is 0.0201. The van der Waals surface area contributed by atoms with Crippen LogP contribution in [0.15, 0.2) is 35.5 Å². The third kappa shape index (κ3) is 4.37. The largest absolute Gasteiger partial charge is 0.573 e. The normalized spacial score (nSPS) is 17.8. The van der Waals surface area contributed by atoms with E-state index in [2.05, 4.69) is 15.4 Å². The van der Waals surface area contributed by atoms with Crippen molar-refractivity contribution in [2.45, 2.75) is 32.4 Å². The molecule has 0 spiro atoms. The van der Waals surface area contributed by atoms with E-state index in [1.165, 1.54) is 18.2 Å². The number of urea groups is 1. The Hall–Kier alpha value is -2.25. The van der Waals surface area contributed by atoms with Gasteiger partial charge in [-0.15, -0.1) is 13.2 Å². The van der Waals surface area contributed by atoms with E-state index < -0.39 is 18.6 Å². The van der Waals surface area contributed by atoms with Gasteiger partial charge in [-0.1, -0.05) is 12.1 Å². The number of hydrogen-bond acceptors (Lipinski definition) is 2. The Morgan fingerprint density at radius 1 is 1.41 bits per heavy atom. The van der Waals surface area contributed by atoms with E-state index in [0.717, 1.165) is 0 Å². The molecular weight excluding hydrogens is 304 g/mol. The highest BCUT2D eigenvalue weighted by atomic mass is 19.4. The second kappa shape index (κ2) is 6.25. The molecule has 1 aliphatic carbocycles. The van der Waals surface area contributed by atoms with Crippen LogP contribution in [0, 0.1) is 0 Å². The van der Waals surface area contributed by atoms with Crippen molar-refractivity contribution >= 4 is 6.03 Å². The number of carbonyl (C=O) groups is 1. The molecule has 0 heterocycles. The molecule has 2 N–H and O–H groups in total. The SMILES string of the molecule is CC1=C(NC(=O)NCc2cccc(OC(F)(F)F)c2)CC1F. The van der Waals surface area contributed by atoms with Crippen molar-refractivity contribution in [2.75, 3.05) is 0 Å². The predicted octanol–water partition coefficient (Wildman–Crippen LogP) is 3.40. The lowest BCUT2D eigenvalue weighted by Crippen LogP contribution is -2.39. The Balaban J connectivity index is 1.86. The quantitative estimate of drug-likeness (QED) is 0.836. The Kier molecular flexibility index (Phi) is 4.58. The standard InChI is InChI=1S/C14H14F4N2O2/c1-8-11(15)6-12(8)20-13(21)19-7-9-3-2-4-10(5-9)22-14(16,17)18/h2-5,11H,6-7H2,1H3,(H2,19,20,21). The van der Waals surface area contributed by atoms with Crippen LogP contribution < -0.4 is 15.4 Å². The van der Waals surface area contributed by atoms with Crippen molar-refractivity contribution in [2.24, 2.45) is 0 Å². The monoisotopic (exact) mass is 318 g/mol. The second-order valence-corrected chi connectivity index (χ2v) is 4.84. The fourth-order valence-electron chi connectivity index (χ4n) is 1.92. The molecule has 8 heteroatoms. The number of hydrogen-bond donors (Lipinski definition) is 2. The molecular formula is C14H14F4N2O2. The summed E-state index contributed by atoms with van der Waals surface area (Å²) in [5.74, 6) is -0.356. The summed E-state index contributed by atoms with van der Waals surface area (Å²) in [4.78, 5) is 11.6. The van der Waals surface area contributed by atoms with E-state index in [0.29, 0.717) is 16.8 Å². The summed E-state index contributed by atoms with van der Waals surface area (Å²) in [7, 11) is 0. The Labute approximate surface area is 124 Å². The van der Waals surface area contributed by atoms with Crippen molar-refractivity contribution in [3.05, 3.63) is 41.1 Å². The highest BCUT2D eigenvalue weighted by molar-refractivity contribution is 5.76. The van der Waals surface area contributed by atoms with Crippen LogP contribution in [0.4, 0.5) is 22.4 Å². The number of halogens is 4. The number of benzene rings is 1. The fraction of sp³-hybridized carbons (Fsp3) is 0.357. The second-order valence-electron chi connectivity index (χ2n) is 4.84. The number of nitrogens with one attached hydrogen (secondary N) is 2. The third-order valence-corrected chi connectivity index (χ3v) is 3.18. The van der Waals surface area contributed by atoms with Crippen molar-refractivity contribution in [3.63, 3.8) is 0 Å². The first-order valence-electron chi connectivity index (χ1n) is 6.48. The molecule has 0 radical (unpaired) electrons. The molecule has 0 saturated carbocycles. The highest BCUT2D eigenvalue weighted by Crippen LogP contribution is 2.28. The summed E-state index contributed by atoms with van der Waals surface area (Å²) in [6, 6.07) is 4.75. The first kappa shape index (κ1) is 16.1. The molecule has 1 unspecified atom stereocenters. The third-order valence-electron chi connectivity index (χ3n) is 3.18. The Morgan fingerprint density at radius 2 is 2.14 bits per heavy atom. The van der Waals surface area contributed by atoms with Gasteiger partial charge >= 0.3 is 12.4 Å². The maximum absolute atomic E-state index is 12.9. The molecule has 0 aromatic heterocycles. The predicted molar refractivity (Wildman–Crippen MR) is 70.7 cm³/mol. The number of carbonyl (C=O) groups excluding carboxylic acids is 1. The van der Waals surface area contributed by atoms with Gasteiger partial charge in [-0.25, -0.2) is 9.18 Å². The van der Waals surface area contributed by atoms with E-state index >= 15 is 0 Å². The van der Waals surface area contributed by atoms with Crippen LogP contribution in [-0.2, 0) is 6.54 Å². The molecule has 1 atom stereocenters. The van der Waals surface area contributed by atoms with E-state index in [1.807, 2.05) is 0 Å². The van der Waals surface area contributed by atoms with E-state index in [1.54, 1.807) is 13.0 Å². The molecule has 0 saturated heterocycles. The van der Waals surface area contributed by atoms with Gasteiger partial charge < -0.3 is 15.4 Å². The van der Waals surface area contributed by atoms with Crippen LogP contribution in [0.1, 0.15) is 18.9 Å². The van der Waals surface area contributed by atoms with E-state index in [4.69, 9.17) is 0 Å². The van der Waals surface area contributed by atoms with Gasteiger partial charge in [0.05, 0.1) is 0 Å². The molecule has 0 fully saturated rings. The summed E-state index contributed by atoms with van der Waals surface area (Å²) >= 11 is 0. The van der Waals surface area contributed by atoms with Crippen molar-refractivity contribution < 1.29 is 27.1 Å². The molecule has 22 heavy (non-hydrogen) atoms. The van der Waals surface area contributed by atoms with E-state index in [9.17, 15) is 22.4 Å². The van der Waals surface area contributed by atoms with Gasteiger partial charge in [0.2, 0.25) is 0 Å². The molecule has 0 bridgehead atoms. The maximum atomic E-state index is 12.9. The first-order valence-corrected chi connectivity index (χ1v) is 6.48. The summed E-state index contributed by atoms with van der Waals surface area (Å²) in [5.41, 5.74) is 1.45. The van der Waals surface area contributed by atoms with Gasteiger partial charge in [0, 0.05) is 18.7 Å². The van der Waals surface area contributed by atoms with Crippen molar-refractivity contribution in [3.8, 4) is 5.75 Å². The zero-order valence-corrected chi connectivity index (χ0v) is 11.6. The van der Waals surface area contributed by atoms with Crippen LogP contribution in [-0.4, -0.2) is 18.6 Å². The smallest absolute Gasteiger partial charge is 0.406 e. The molecule has 1 aliphatic rings. The molecule has 120 valence electrons. The Morgan fingerprint density at radius 3 is 2.73 bits per heavy atom. The van der Waals surface area contributed by atoms with Gasteiger partial charge in [-0.2, -0.15) is 0 Å². The number of rotatable bonds is 4. The average Bonchev–Trinajstić information content (AvgIpc) is 2.43. The van der Waals surface area contributed by atoms with Crippen molar-refractivity contribution in [1.82, 2.24) is 10.6 Å². The number of alkyl halides is 4.